The lowest BCUT2D eigenvalue weighted by atomic mass is 10.1. The molecular weight excluding hydrogens is 334 g/mol. The molecule has 4 rings (SSSR count). The first-order valence-electron chi connectivity index (χ1n) is 9.05. The number of aromatic nitrogens is 1. The molecule has 3 aromatic carbocycles. The minimum atomic E-state index is -0.206. The molecule has 0 spiro atoms. The van der Waals surface area contributed by atoms with E-state index in [0.717, 1.165) is 28.1 Å². The highest BCUT2D eigenvalue weighted by Crippen LogP contribution is 2.35. The summed E-state index contributed by atoms with van der Waals surface area (Å²) in [6, 6.07) is 27.3. The average Bonchev–Trinajstić information content (AvgIpc) is 3.09. The van der Waals surface area contributed by atoms with Crippen molar-refractivity contribution in [3.8, 4) is 17.0 Å². The Hall–Kier alpha value is -3.04. The maximum absolute atomic E-state index is 5.97. The normalized spacial score (nSPS) is 12.3. The highest BCUT2D eigenvalue weighted by molar-refractivity contribution is 5.87. The molecule has 0 aliphatic heterocycles. The van der Waals surface area contributed by atoms with Crippen molar-refractivity contribution in [2.45, 2.75) is 13.2 Å². The Kier molecular flexibility index (Phi) is 4.69. The minimum Gasteiger partial charge on any atom is -0.497 e. The first-order valence-corrected chi connectivity index (χ1v) is 9.05. The summed E-state index contributed by atoms with van der Waals surface area (Å²) in [5.41, 5.74) is 5.75. The third-order valence-corrected chi connectivity index (χ3v) is 4.95. The summed E-state index contributed by atoms with van der Waals surface area (Å²) >= 11 is 0. The number of ether oxygens (including phenoxy) is 2. The maximum Gasteiger partial charge on any atom is 0.160 e. The van der Waals surface area contributed by atoms with E-state index in [4.69, 9.17) is 9.47 Å². The third kappa shape index (κ3) is 3.22. The largest absolute Gasteiger partial charge is 0.497 e. The summed E-state index contributed by atoms with van der Waals surface area (Å²) in [5, 5.41) is 1.19. The van der Waals surface area contributed by atoms with Gasteiger partial charge in [0.05, 0.1) is 18.3 Å². The van der Waals surface area contributed by atoms with Crippen LogP contribution in [0, 0.1) is 6.92 Å². The number of hydrogen-bond acceptors (Lipinski definition) is 2. The second kappa shape index (κ2) is 7.29. The van der Waals surface area contributed by atoms with Crippen LogP contribution in [0.4, 0.5) is 0 Å². The summed E-state index contributed by atoms with van der Waals surface area (Å²) in [7, 11) is 3.45. The topological polar surface area (TPSA) is 23.4 Å². The molecule has 27 heavy (non-hydrogen) atoms. The molecule has 1 heterocycles. The van der Waals surface area contributed by atoms with E-state index in [1.165, 1.54) is 10.9 Å². The zero-order chi connectivity index (χ0) is 18.8. The van der Waals surface area contributed by atoms with Crippen LogP contribution in [-0.4, -0.2) is 18.8 Å². The Morgan fingerprint density at radius 3 is 2.19 bits per heavy atom. The number of benzene rings is 3. The van der Waals surface area contributed by atoms with Crippen LogP contribution >= 0.6 is 0 Å². The van der Waals surface area contributed by atoms with E-state index < -0.39 is 0 Å². The molecule has 136 valence electrons. The van der Waals surface area contributed by atoms with Crippen molar-refractivity contribution in [3.05, 3.63) is 90.0 Å². The van der Waals surface area contributed by atoms with E-state index in [2.05, 4.69) is 78.2 Å². The van der Waals surface area contributed by atoms with Crippen molar-refractivity contribution >= 4 is 10.9 Å². The molecule has 0 aliphatic rings. The van der Waals surface area contributed by atoms with Crippen molar-refractivity contribution in [1.82, 2.24) is 4.57 Å². The van der Waals surface area contributed by atoms with Crippen molar-refractivity contribution in [2.24, 2.45) is 0 Å². The lowest BCUT2D eigenvalue weighted by Crippen LogP contribution is -2.13. The van der Waals surface area contributed by atoms with Gasteiger partial charge in [0.1, 0.15) is 5.75 Å². The van der Waals surface area contributed by atoms with E-state index >= 15 is 0 Å². The fourth-order valence-electron chi connectivity index (χ4n) is 3.53. The van der Waals surface area contributed by atoms with Gasteiger partial charge in [0.15, 0.2) is 6.23 Å². The zero-order valence-electron chi connectivity index (χ0n) is 15.8. The minimum absolute atomic E-state index is 0.206. The maximum atomic E-state index is 5.97. The molecule has 0 radical (unpaired) electrons. The van der Waals surface area contributed by atoms with Gasteiger partial charge in [0.25, 0.3) is 0 Å². The van der Waals surface area contributed by atoms with Crippen molar-refractivity contribution in [2.75, 3.05) is 14.2 Å². The van der Waals surface area contributed by atoms with Crippen LogP contribution in [0.5, 0.6) is 5.75 Å². The highest BCUT2D eigenvalue weighted by Gasteiger charge is 2.20. The first kappa shape index (κ1) is 17.4. The average molecular weight is 357 g/mol. The summed E-state index contributed by atoms with van der Waals surface area (Å²) in [6.07, 6.45) is -0.206. The Balaban J connectivity index is 1.92. The van der Waals surface area contributed by atoms with Crippen molar-refractivity contribution < 1.29 is 9.47 Å². The van der Waals surface area contributed by atoms with Gasteiger partial charge < -0.3 is 14.0 Å². The predicted molar refractivity (Wildman–Crippen MR) is 110 cm³/mol. The monoisotopic (exact) mass is 357 g/mol. The zero-order valence-corrected chi connectivity index (χ0v) is 15.8. The fraction of sp³-hybridized carbons (Fsp3) is 0.167. The van der Waals surface area contributed by atoms with E-state index in [1.807, 2.05) is 12.1 Å². The van der Waals surface area contributed by atoms with Crippen LogP contribution in [0.2, 0.25) is 0 Å². The molecule has 0 N–H and O–H groups in total. The van der Waals surface area contributed by atoms with Crippen molar-refractivity contribution in [3.63, 3.8) is 0 Å². The summed E-state index contributed by atoms with van der Waals surface area (Å²) in [6.45, 7) is 2.10. The number of rotatable bonds is 5. The highest BCUT2D eigenvalue weighted by atomic mass is 16.5. The molecule has 0 bridgehead atoms. The van der Waals surface area contributed by atoms with Crippen LogP contribution in [0.1, 0.15) is 17.4 Å². The van der Waals surface area contributed by atoms with E-state index in [-0.39, 0.29) is 6.23 Å². The Morgan fingerprint density at radius 2 is 1.52 bits per heavy atom. The van der Waals surface area contributed by atoms with Gasteiger partial charge in [-0.3, -0.25) is 0 Å². The van der Waals surface area contributed by atoms with E-state index in [9.17, 15) is 0 Å². The smallest absolute Gasteiger partial charge is 0.160 e. The fourth-order valence-corrected chi connectivity index (χ4v) is 3.53. The molecule has 0 aliphatic carbocycles. The Bertz CT molecular complexity index is 1050. The molecule has 1 atom stereocenters. The third-order valence-electron chi connectivity index (χ3n) is 4.95. The van der Waals surface area contributed by atoms with Crippen molar-refractivity contribution in [1.29, 1.82) is 0 Å². The molecule has 3 heteroatoms. The standard InChI is InChI=1S/C24H23NO2/c1-17-8-10-19(11-9-17)24(27-3)25-22-7-5-4-6-20(22)16-23(25)18-12-14-21(26-2)15-13-18/h4-16,24H,1-3H3. The number of fused-ring (bicyclic) bond motifs is 1. The summed E-state index contributed by atoms with van der Waals surface area (Å²) in [4.78, 5) is 0. The molecule has 0 saturated heterocycles. The molecule has 0 fully saturated rings. The summed E-state index contributed by atoms with van der Waals surface area (Å²) < 4.78 is 13.6. The van der Waals surface area contributed by atoms with Gasteiger partial charge in [0, 0.05) is 18.1 Å². The molecule has 3 nitrogen and oxygen atoms in total. The van der Waals surface area contributed by atoms with Gasteiger partial charge in [-0.15, -0.1) is 0 Å². The van der Waals surface area contributed by atoms with Crippen LogP contribution in [0.3, 0.4) is 0 Å². The SMILES string of the molecule is COc1ccc(-c2cc3ccccc3n2C(OC)c2ccc(C)cc2)cc1. The first-order chi connectivity index (χ1) is 13.2. The lowest BCUT2D eigenvalue weighted by Gasteiger charge is -2.22. The van der Waals surface area contributed by atoms with Crippen LogP contribution in [0.25, 0.3) is 22.2 Å². The number of methoxy groups -OCH3 is 2. The van der Waals surface area contributed by atoms with Gasteiger partial charge >= 0.3 is 0 Å². The van der Waals surface area contributed by atoms with E-state index in [1.54, 1.807) is 14.2 Å². The second-order valence-corrected chi connectivity index (χ2v) is 6.69. The molecule has 0 amide bonds. The number of aryl methyl sites for hydroxylation is 1. The molecule has 4 aromatic rings. The van der Waals surface area contributed by atoms with Gasteiger partial charge in [-0.2, -0.15) is 0 Å². The number of nitrogens with zero attached hydrogens (tertiary/aromatic N) is 1. The number of hydrogen-bond donors (Lipinski definition) is 0. The molecule has 0 saturated carbocycles. The molecular formula is C24H23NO2. The molecule has 1 unspecified atom stereocenters. The van der Waals surface area contributed by atoms with Crippen LogP contribution in [0.15, 0.2) is 78.9 Å². The summed E-state index contributed by atoms with van der Waals surface area (Å²) in [5.74, 6) is 0.850. The van der Waals surface area contributed by atoms with Crippen LogP contribution in [-0.2, 0) is 4.74 Å². The van der Waals surface area contributed by atoms with E-state index in [0.29, 0.717) is 0 Å². The van der Waals surface area contributed by atoms with Gasteiger partial charge in [-0.05, 0) is 48.9 Å². The van der Waals surface area contributed by atoms with Gasteiger partial charge in [-0.25, -0.2) is 0 Å². The lowest BCUT2D eigenvalue weighted by molar-refractivity contribution is 0.0835. The number of para-hydroxylation sites is 1. The molecule has 1 aromatic heterocycles. The quantitative estimate of drug-likeness (QED) is 0.449. The van der Waals surface area contributed by atoms with Crippen LogP contribution < -0.4 is 4.74 Å². The predicted octanol–water partition coefficient (Wildman–Crippen LogP) is 5.82. The van der Waals surface area contributed by atoms with Gasteiger partial charge in [0.2, 0.25) is 0 Å². The second-order valence-electron chi connectivity index (χ2n) is 6.69. The Labute approximate surface area is 159 Å². The van der Waals surface area contributed by atoms with Gasteiger partial charge in [-0.1, -0.05) is 48.0 Å². The Morgan fingerprint density at radius 1 is 0.815 bits per heavy atom.